The zero-order valence-electron chi connectivity index (χ0n) is 19.0. The van der Waals surface area contributed by atoms with Crippen molar-refractivity contribution in [2.45, 2.75) is 25.4 Å². The Morgan fingerprint density at radius 2 is 1.65 bits per heavy atom. The topological polar surface area (TPSA) is 35.6 Å². The average Bonchev–Trinajstić information content (AvgIpc) is 2.85. The van der Waals surface area contributed by atoms with Gasteiger partial charge in [0.05, 0.1) is 10.7 Å². The van der Waals surface area contributed by atoms with E-state index in [0.29, 0.717) is 22.3 Å². The lowest BCUT2D eigenvalue weighted by molar-refractivity contribution is 0.130. The van der Waals surface area contributed by atoms with Crippen molar-refractivity contribution in [3.63, 3.8) is 0 Å². The van der Waals surface area contributed by atoms with Gasteiger partial charge >= 0.3 is 6.03 Å². The maximum atomic E-state index is 13.3. The molecule has 1 aliphatic rings. The van der Waals surface area contributed by atoms with Gasteiger partial charge in [-0.2, -0.15) is 0 Å². The Hall–Kier alpha value is -2.79. The van der Waals surface area contributed by atoms with Gasteiger partial charge in [-0.3, -0.25) is 4.90 Å². The molecule has 4 rings (SSSR count). The Labute approximate surface area is 211 Å². The summed E-state index contributed by atoms with van der Waals surface area (Å²) < 4.78 is 0. The third-order valence-electron chi connectivity index (χ3n) is 6.09. The largest absolute Gasteiger partial charge is 0.322 e. The first kappa shape index (κ1) is 24.3. The maximum absolute atomic E-state index is 13.3. The monoisotopic (exact) mass is 493 g/mol. The van der Waals surface area contributed by atoms with Crippen LogP contribution < -0.4 is 5.32 Å². The van der Waals surface area contributed by atoms with E-state index in [4.69, 9.17) is 23.2 Å². The second kappa shape index (κ2) is 12.1. The van der Waals surface area contributed by atoms with Gasteiger partial charge in [0, 0.05) is 37.2 Å². The van der Waals surface area contributed by atoms with Crippen molar-refractivity contribution in [2.75, 3.05) is 25.0 Å². The van der Waals surface area contributed by atoms with Crippen molar-refractivity contribution >= 4 is 41.0 Å². The van der Waals surface area contributed by atoms with Gasteiger partial charge in [0.15, 0.2) is 0 Å². The molecule has 176 valence electrons. The van der Waals surface area contributed by atoms with Crippen molar-refractivity contribution in [3.05, 3.63) is 106 Å². The Morgan fingerprint density at radius 3 is 2.32 bits per heavy atom. The quantitative estimate of drug-likeness (QED) is 0.377. The molecule has 0 atom stereocenters. The van der Waals surface area contributed by atoms with E-state index >= 15 is 0 Å². The van der Waals surface area contributed by atoms with Crippen LogP contribution in [0.2, 0.25) is 10.0 Å². The lowest BCUT2D eigenvalue weighted by atomic mass is 10.0. The van der Waals surface area contributed by atoms with E-state index in [-0.39, 0.29) is 12.1 Å². The molecular formula is C28H29Cl2N3O. The second-order valence-electron chi connectivity index (χ2n) is 8.51. The van der Waals surface area contributed by atoms with Gasteiger partial charge in [-0.05, 0) is 42.2 Å². The second-order valence-corrected chi connectivity index (χ2v) is 9.36. The number of nitrogens with one attached hydrogen (secondary N) is 1. The van der Waals surface area contributed by atoms with Crippen LogP contribution in [0.4, 0.5) is 10.5 Å². The van der Waals surface area contributed by atoms with Crippen LogP contribution in [-0.4, -0.2) is 41.5 Å². The SMILES string of the molecule is O=C(Nc1ccc(Cl)cc1Cl)N(C/C=C/c1ccccc1)C1CCN(Cc2ccccc2)CC1. The molecule has 0 aliphatic carbocycles. The number of likely N-dealkylation sites (tertiary alicyclic amines) is 1. The lowest BCUT2D eigenvalue weighted by Gasteiger charge is -2.38. The third kappa shape index (κ3) is 6.86. The van der Waals surface area contributed by atoms with E-state index in [1.807, 2.05) is 29.2 Å². The van der Waals surface area contributed by atoms with Crippen LogP contribution in [0.5, 0.6) is 0 Å². The van der Waals surface area contributed by atoms with Crippen LogP contribution in [0.15, 0.2) is 84.9 Å². The van der Waals surface area contributed by atoms with E-state index in [2.05, 4.69) is 58.8 Å². The highest BCUT2D eigenvalue weighted by molar-refractivity contribution is 6.36. The Kier molecular flexibility index (Phi) is 8.64. The number of halogens is 2. The van der Waals surface area contributed by atoms with E-state index < -0.39 is 0 Å². The molecule has 1 N–H and O–H groups in total. The Morgan fingerprint density at radius 1 is 0.971 bits per heavy atom. The molecule has 1 heterocycles. The Balaban J connectivity index is 1.43. The summed E-state index contributed by atoms with van der Waals surface area (Å²) in [5.74, 6) is 0. The number of piperidine rings is 1. The number of urea groups is 1. The average molecular weight is 494 g/mol. The molecule has 0 spiro atoms. The predicted octanol–water partition coefficient (Wildman–Crippen LogP) is 7.21. The van der Waals surface area contributed by atoms with E-state index in [0.717, 1.165) is 38.0 Å². The number of hydrogen-bond donors (Lipinski definition) is 1. The minimum Gasteiger partial charge on any atom is -0.318 e. The number of anilines is 1. The van der Waals surface area contributed by atoms with Gasteiger partial charge in [0.2, 0.25) is 0 Å². The first-order valence-corrected chi connectivity index (χ1v) is 12.3. The number of carbonyl (C=O) groups excluding carboxylic acids is 1. The predicted molar refractivity (Wildman–Crippen MR) is 142 cm³/mol. The van der Waals surface area contributed by atoms with Crippen molar-refractivity contribution in [3.8, 4) is 0 Å². The highest BCUT2D eigenvalue weighted by atomic mass is 35.5. The number of hydrogen-bond acceptors (Lipinski definition) is 2. The van der Waals surface area contributed by atoms with Crippen LogP contribution in [0.25, 0.3) is 6.08 Å². The van der Waals surface area contributed by atoms with Crippen LogP contribution in [0.1, 0.15) is 24.0 Å². The maximum Gasteiger partial charge on any atom is 0.322 e. The van der Waals surface area contributed by atoms with Crippen LogP contribution in [0.3, 0.4) is 0 Å². The van der Waals surface area contributed by atoms with Gasteiger partial charge in [0.1, 0.15) is 0 Å². The summed E-state index contributed by atoms with van der Waals surface area (Å²) >= 11 is 12.3. The molecular weight excluding hydrogens is 465 g/mol. The van der Waals surface area contributed by atoms with Gasteiger partial charge < -0.3 is 10.2 Å². The normalized spacial score (nSPS) is 14.9. The van der Waals surface area contributed by atoms with Crippen LogP contribution >= 0.6 is 23.2 Å². The minimum absolute atomic E-state index is 0.150. The lowest BCUT2D eigenvalue weighted by Crippen LogP contribution is -2.48. The Bertz CT molecular complexity index is 1100. The summed E-state index contributed by atoms with van der Waals surface area (Å²) in [7, 11) is 0. The molecule has 0 saturated carbocycles. The molecule has 3 aromatic carbocycles. The molecule has 1 aliphatic heterocycles. The standard InChI is InChI=1S/C28H29Cl2N3O/c29-24-13-14-27(26(30)20-24)31-28(34)33(17-7-12-22-8-3-1-4-9-22)25-15-18-32(19-16-25)21-23-10-5-2-6-11-23/h1-14,20,25H,15-19,21H2,(H,31,34)/b12-7+. The molecule has 0 unspecified atom stereocenters. The number of nitrogens with zero attached hydrogens (tertiary/aromatic N) is 2. The molecule has 0 aromatic heterocycles. The van der Waals surface area contributed by atoms with Crippen LogP contribution in [0, 0.1) is 0 Å². The van der Waals surface area contributed by atoms with Gasteiger partial charge in [0.25, 0.3) is 0 Å². The summed E-state index contributed by atoms with van der Waals surface area (Å²) in [6, 6.07) is 25.8. The zero-order chi connectivity index (χ0) is 23.8. The summed E-state index contributed by atoms with van der Waals surface area (Å²) in [6.45, 7) is 3.37. The van der Waals surface area contributed by atoms with Gasteiger partial charge in [-0.1, -0.05) is 96.0 Å². The highest BCUT2D eigenvalue weighted by Crippen LogP contribution is 2.27. The van der Waals surface area contributed by atoms with Gasteiger partial charge in [-0.15, -0.1) is 0 Å². The first-order valence-electron chi connectivity index (χ1n) is 11.6. The fourth-order valence-corrected chi connectivity index (χ4v) is 4.73. The van der Waals surface area contributed by atoms with E-state index in [1.165, 1.54) is 5.56 Å². The summed E-state index contributed by atoms with van der Waals surface area (Å²) in [5.41, 5.74) is 3.00. The summed E-state index contributed by atoms with van der Waals surface area (Å²) in [4.78, 5) is 17.7. The molecule has 0 radical (unpaired) electrons. The molecule has 0 bridgehead atoms. The number of benzene rings is 3. The highest BCUT2D eigenvalue weighted by Gasteiger charge is 2.27. The summed E-state index contributed by atoms with van der Waals surface area (Å²) in [5, 5.41) is 3.95. The molecule has 6 heteroatoms. The van der Waals surface area contributed by atoms with Crippen molar-refractivity contribution in [1.82, 2.24) is 9.80 Å². The molecule has 1 fully saturated rings. The van der Waals surface area contributed by atoms with E-state index in [1.54, 1.807) is 18.2 Å². The van der Waals surface area contributed by atoms with Crippen molar-refractivity contribution < 1.29 is 4.79 Å². The fraction of sp³-hybridized carbons (Fsp3) is 0.250. The number of rotatable bonds is 7. The zero-order valence-corrected chi connectivity index (χ0v) is 20.6. The molecule has 2 amide bonds. The molecule has 34 heavy (non-hydrogen) atoms. The summed E-state index contributed by atoms with van der Waals surface area (Å²) in [6.07, 6.45) is 5.95. The third-order valence-corrected chi connectivity index (χ3v) is 6.64. The first-order chi connectivity index (χ1) is 16.6. The molecule has 1 saturated heterocycles. The smallest absolute Gasteiger partial charge is 0.318 e. The van der Waals surface area contributed by atoms with Crippen molar-refractivity contribution in [1.29, 1.82) is 0 Å². The minimum atomic E-state index is -0.150. The van der Waals surface area contributed by atoms with Crippen molar-refractivity contribution in [2.24, 2.45) is 0 Å². The molecule has 4 nitrogen and oxygen atoms in total. The molecule has 3 aromatic rings. The van der Waals surface area contributed by atoms with Crippen LogP contribution in [-0.2, 0) is 6.54 Å². The number of amides is 2. The van der Waals surface area contributed by atoms with Gasteiger partial charge in [-0.25, -0.2) is 4.79 Å². The fourth-order valence-electron chi connectivity index (χ4n) is 4.27. The number of carbonyl (C=O) groups is 1. The van der Waals surface area contributed by atoms with E-state index in [9.17, 15) is 4.79 Å².